The van der Waals surface area contributed by atoms with E-state index in [0.29, 0.717) is 33.0 Å². The predicted molar refractivity (Wildman–Crippen MR) is 189 cm³/mol. The number of likely N-dealkylation sites (tertiary alicyclic amines) is 1. The van der Waals surface area contributed by atoms with Gasteiger partial charge < -0.3 is 9.84 Å². The fraction of sp³-hybridized carbons (Fsp3) is 0.361. The minimum atomic E-state index is -1.26. The first kappa shape index (κ1) is 32.2. The fourth-order valence-corrected chi connectivity index (χ4v) is 10.7. The highest BCUT2D eigenvalue weighted by Crippen LogP contribution is 2.64. The number of carbonyl (C=O) groups excluding carboxylic acids is 4. The molecule has 2 aromatic heterocycles. The number of phenols is 1. The Kier molecular flexibility index (Phi) is 7.23. The number of methoxy groups -OCH3 is 1. The zero-order valence-corrected chi connectivity index (χ0v) is 30.4. The minimum Gasteiger partial charge on any atom is -0.503 e. The van der Waals surface area contributed by atoms with Gasteiger partial charge >= 0.3 is 0 Å². The topological polar surface area (TPSA) is 122 Å². The van der Waals surface area contributed by atoms with Crippen LogP contribution in [0.5, 0.6) is 11.5 Å². The third-order valence-corrected chi connectivity index (χ3v) is 13.4. The molecule has 6 atom stereocenters. The van der Waals surface area contributed by atoms with Crippen molar-refractivity contribution in [2.24, 2.45) is 36.1 Å². The number of phenolic OH excluding ortho intramolecular Hbond substituents is 1. The average Bonchev–Trinajstić information content (AvgIpc) is 3.73. The second-order valence-corrected chi connectivity index (χ2v) is 16.0. The van der Waals surface area contributed by atoms with Crippen LogP contribution in [0.15, 0.2) is 52.5 Å². The van der Waals surface area contributed by atoms with Crippen LogP contribution in [0.25, 0.3) is 20.7 Å². The van der Waals surface area contributed by atoms with Crippen LogP contribution < -0.4 is 9.64 Å². The quantitative estimate of drug-likeness (QED) is 0.184. The van der Waals surface area contributed by atoms with Crippen molar-refractivity contribution < 1.29 is 29.0 Å². The van der Waals surface area contributed by atoms with Crippen molar-refractivity contribution in [1.29, 1.82) is 0 Å². The SMILES string of the molecule is COc1cc([C@H]2C3=CC[C@@H]4C(=O)N(C)C(=O)[C@@H]4[C@@H]3C[C@H]3C(=O)N(c4cc(-c5sc6ccc(Cl)cc6c5C)nn4C)C(=O)[C@@]23C)cc(Br)c1O. The monoisotopic (exact) mass is 762 g/mol. The van der Waals surface area contributed by atoms with E-state index in [1.807, 2.05) is 38.1 Å². The van der Waals surface area contributed by atoms with Crippen molar-refractivity contribution >= 4 is 78.4 Å². The molecular formula is C36H32BrClN4O6S. The summed E-state index contributed by atoms with van der Waals surface area (Å²) in [5.41, 5.74) is 1.88. The Hall–Kier alpha value is -4.00. The number of hydrogen-bond acceptors (Lipinski definition) is 8. The van der Waals surface area contributed by atoms with Crippen molar-refractivity contribution in [3.05, 3.63) is 68.7 Å². The van der Waals surface area contributed by atoms with Crippen LogP contribution in [0.4, 0.5) is 5.82 Å². The Balaban J connectivity index is 1.28. The number of aromatic nitrogens is 2. The Morgan fingerprint density at radius 3 is 2.55 bits per heavy atom. The van der Waals surface area contributed by atoms with Crippen LogP contribution in [-0.2, 0) is 26.2 Å². The molecule has 1 N–H and O–H groups in total. The van der Waals surface area contributed by atoms with E-state index < -0.39 is 35.0 Å². The van der Waals surface area contributed by atoms with Gasteiger partial charge in [-0.05, 0) is 95.4 Å². The van der Waals surface area contributed by atoms with E-state index in [1.54, 1.807) is 41.3 Å². The van der Waals surface area contributed by atoms with E-state index in [-0.39, 0.29) is 41.5 Å². The van der Waals surface area contributed by atoms with E-state index in [2.05, 4.69) is 15.9 Å². The van der Waals surface area contributed by atoms with Crippen LogP contribution in [0.1, 0.15) is 36.8 Å². The number of ether oxygens (including phenoxy) is 1. The average molecular weight is 764 g/mol. The van der Waals surface area contributed by atoms with Crippen molar-refractivity contribution in [1.82, 2.24) is 14.7 Å². The van der Waals surface area contributed by atoms with E-state index in [9.17, 15) is 24.3 Å². The first-order chi connectivity index (χ1) is 23.3. The number of halogens is 2. The first-order valence-electron chi connectivity index (χ1n) is 16.0. The van der Waals surface area contributed by atoms with Gasteiger partial charge in [0.15, 0.2) is 11.5 Å². The van der Waals surface area contributed by atoms with Gasteiger partial charge in [0.1, 0.15) is 11.5 Å². The Bertz CT molecular complexity index is 2210. The second-order valence-electron chi connectivity index (χ2n) is 13.7. The molecule has 2 aromatic carbocycles. The highest BCUT2D eigenvalue weighted by atomic mass is 79.9. The second kappa shape index (κ2) is 11.0. The normalized spacial score (nSPS) is 27.9. The highest BCUT2D eigenvalue weighted by molar-refractivity contribution is 9.10. The number of thiophene rings is 1. The molecule has 2 saturated heterocycles. The molecular weight excluding hydrogens is 732 g/mol. The summed E-state index contributed by atoms with van der Waals surface area (Å²) in [6, 6.07) is 10.9. The molecule has 4 amide bonds. The summed E-state index contributed by atoms with van der Waals surface area (Å²) in [6.45, 7) is 3.83. The molecule has 0 radical (unpaired) electrons. The molecule has 4 heterocycles. The molecule has 3 fully saturated rings. The number of nitrogens with zero attached hydrogens (tertiary/aromatic N) is 4. The van der Waals surface area contributed by atoms with Crippen LogP contribution >= 0.6 is 38.9 Å². The zero-order valence-electron chi connectivity index (χ0n) is 27.3. The predicted octanol–water partition coefficient (Wildman–Crippen LogP) is 6.60. The van der Waals surface area contributed by atoms with E-state index in [0.717, 1.165) is 26.1 Å². The summed E-state index contributed by atoms with van der Waals surface area (Å²) in [5, 5.41) is 17.1. The van der Waals surface area contributed by atoms with Gasteiger partial charge in [-0.2, -0.15) is 5.10 Å². The van der Waals surface area contributed by atoms with Gasteiger partial charge in [-0.1, -0.05) is 23.3 Å². The third-order valence-electron chi connectivity index (χ3n) is 11.3. The van der Waals surface area contributed by atoms with Crippen molar-refractivity contribution in [2.75, 3.05) is 19.1 Å². The smallest absolute Gasteiger partial charge is 0.242 e. The summed E-state index contributed by atoms with van der Waals surface area (Å²) in [4.78, 5) is 59.7. The van der Waals surface area contributed by atoms with Crippen molar-refractivity contribution in [2.45, 2.75) is 32.6 Å². The van der Waals surface area contributed by atoms with Crippen LogP contribution in [-0.4, -0.2) is 57.6 Å². The molecule has 4 aromatic rings. The number of rotatable bonds is 4. The summed E-state index contributed by atoms with van der Waals surface area (Å²) < 4.78 is 8.49. The largest absolute Gasteiger partial charge is 0.503 e. The van der Waals surface area contributed by atoms with E-state index in [4.69, 9.17) is 21.4 Å². The maximum absolute atomic E-state index is 15.0. The van der Waals surface area contributed by atoms with Crippen LogP contribution in [0.3, 0.4) is 0 Å². The Morgan fingerprint density at radius 2 is 1.82 bits per heavy atom. The van der Waals surface area contributed by atoms with Gasteiger partial charge in [-0.25, -0.2) is 4.90 Å². The molecule has 0 unspecified atom stereocenters. The molecule has 13 heteroatoms. The van der Waals surface area contributed by atoms with E-state index >= 15 is 0 Å². The van der Waals surface area contributed by atoms with Gasteiger partial charge in [0.25, 0.3) is 0 Å². The number of fused-ring (bicyclic) bond motifs is 5. The summed E-state index contributed by atoms with van der Waals surface area (Å²) in [5.74, 6) is -3.80. The standard InChI is InChI=1S/C36H32BrClN4O6S/c1-15-20-12-17(38)6-9-26(20)49-31(15)24-14-27(41(4)39-24)42-33(45)22-13-21-18(7-8-19-28(21)34(46)40(3)32(19)44)29(36(22,2)35(42)47)16-10-23(37)30(43)25(11-16)48-5/h6-7,9-12,14,19,21-22,28-29,43H,8,13H2,1-5H3/t19-,21+,22-,28-,29-,36+/m0/s1. The van der Waals surface area contributed by atoms with Gasteiger partial charge in [-0.3, -0.25) is 28.8 Å². The number of benzene rings is 2. The lowest BCUT2D eigenvalue weighted by atomic mass is 9.51. The van der Waals surface area contributed by atoms with Gasteiger partial charge in [-0.15, -0.1) is 11.3 Å². The van der Waals surface area contributed by atoms with Gasteiger partial charge in [0, 0.05) is 35.8 Å². The molecule has 2 aliphatic heterocycles. The van der Waals surface area contributed by atoms with Crippen molar-refractivity contribution in [3.8, 4) is 22.1 Å². The lowest BCUT2D eigenvalue weighted by molar-refractivity contribution is -0.138. The zero-order chi connectivity index (χ0) is 34.8. The van der Waals surface area contributed by atoms with Crippen LogP contribution in [0.2, 0.25) is 5.02 Å². The van der Waals surface area contributed by atoms with Gasteiger partial charge in [0.2, 0.25) is 23.6 Å². The van der Waals surface area contributed by atoms with Gasteiger partial charge in [0.05, 0.1) is 39.6 Å². The molecule has 8 rings (SSSR count). The fourth-order valence-electron chi connectivity index (χ4n) is 8.90. The number of allylic oxidation sites excluding steroid dienone is 2. The lowest BCUT2D eigenvalue weighted by Gasteiger charge is -2.49. The number of anilines is 1. The molecule has 0 spiro atoms. The molecule has 10 nitrogen and oxygen atoms in total. The number of aryl methyl sites for hydroxylation is 2. The highest BCUT2D eigenvalue weighted by Gasteiger charge is 2.67. The first-order valence-corrected chi connectivity index (χ1v) is 18.0. The third kappa shape index (κ3) is 4.32. The summed E-state index contributed by atoms with van der Waals surface area (Å²) in [7, 11) is 4.67. The molecule has 1 saturated carbocycles. The summed E-state index contributed by atoms with van der Waals surface area (Å²) >= 11 is 11.3. The summed E-state index contributed by atoms with van der Waals surface area (Å²) in [6.07, 6.45) is 2.59. The number of carbonyl (C=O) groups is 4. The molecule has 4 aliphatic rings. The molecule has 0 bridgehead atoms. The molecule has 2 aliphatic carbocycles. The number of imide groups is 2. The Labute approximate surface area is 299 Å². The lowest BCUT2D eigenvalue weighted by Crippen LogP contribution is -2.48. The number of amides is 4. The maximum Gasteiger partial charge on any atom is 0.242 e. The number of hydrogen-bond donors (Lipinski definition) is 1. The van der Waals surface area contributed by atoms with E-state index in [1.165, 1.54) is 24.0 Å². The minimum absolute atomic E-state index is 0.0899. The van der Waals surface area contributed by atoms with Crippen LogP contribution in [0, 0.1) is 36.0 Å². The molecule has 49 heavy (non-hydrogen) atoms. The maximum atomic E-state index is 15.0. The van der Waals surface area contributed by atoms with Crippen molar-refractivity contribution in [3.63, 3.8) is 0 Å². The Morgan fingerprint density at radius 1 is 1.06 bits per heavy atom. The molecule has 252 valence electrons. The number of aromatic hydroxyl groups is 1.